The van der Waals surface area contributed by atoms with Crippen LogP contribution in [0.5, 0.6) is 0 Å². The molecule has 114 valence electrons. The summed E-state index contributed by atoms with van der Waals surface area (Å²) >= 11 is 0. The molecule has 5 nitrogen and oxygen atoms in total. The van der Waals surface area contributed by atoms with Crippen LogP contribution in [-0.2, 0) is 9.47 Å². The lowest BCUT2D eigenvalue weighted by molar-refractivity contribution is -0.185. The highest BCUT2D eigenvalue weighted by Gasteiger charge is 2.41. The fourth-order valence-corrected chi connectivity index (χ4v) is 3.12. The fraction of sp³-hybridized carbons (Fsp3) is 1.00. The van der Waals surface area contributed by atoms with Crippen molar-refractivity contribution in [2.75, 3.05) is 54.5 Å². The van der Waals surface area contributed by atoms with Gasteiger partial charge >= 0.3 is 0 Å². The van der Waals surface area contributed by atoms with Gasteiger partial charge in [-0.15, -0.1) is 0 Å². The van der Waals surface area contributed by atoms with Gasteiger partial charge in [0, 0.05) is 27.3 Å². The minimum atomic E-state index is -0.275. The molecular weight excluding hydrogens is 242 g/mol. The predicted octanol–water partition coefficient (Wildman–Crippen LogP) is 0.596. The van der Waals surface area contributed by atoms with Crippen molar-refractivity contribution in [1.82, 2.24) is 9.80 Å². The minimum absolute atomic E-state index is 0.243. The van der Waals surface area contributed by atoms with Gasteiger partial charge in [0.1, 0.15) is 0 Å². The standard InChI is InChI=1S/C14H31N3O2/c1-14(11-15,13(18-4)19-5)17-8-6-12(7-9-17)10-16(2)3/h12-13H,6-11,15H2,1-5H3. The van der Waals surface area contributed by atoms with Crippen molar-refractivity contribution in [3.8, 4) is 0 Å². The Bertz CT molecular complexity index is 251. The second-order valence-electron chi connectivity index (χ2n) is 6.06. The molecule has 0 aromatic heterocycles. The highest BCUT2D eigenvalue weighted by molar-refractivity contribution is 4.93. The van der Waals surface area contributed by atoms with Crippen LogP contribution in [0.2, 0.25) is 0 Å². The molecule has 1 aliphatic rings. The molecule has 0 aromatic rings. The summed E-state index contributed by atoms with van der Waals surface area (Å²) in [6.45, 7) is 5.98. The molecule has 0 bridgehead atoms. The maximum atomic E-state index is 6.00. The number of hydrogen-bond acceptors (Lipinski definition) is 5. The zero-order valence-electron chi connectivity index (χ0n) is 13.2. The normalized spacial score (nSPS) is 22.1. The highest BCUT2D eigenvalue weighted by atomic mass is 16.7. The van der Waals surface area contributed by atoms with E-state index >= 15 is 0 Å². The van der Waals surface area contributed by atoms with Gasteiger partial charge in [-0.2, -0.15) is 0 Å². The van der Waals surface area contributed by atoms with E-state index in [0.717, 1.165) is 19.0 Å². The van der Waals surface area contributed by atoms with Gasteiger partial charge in [0.25, 0.3) is 0 Å². The summed E-state index contributed by atoms with van der Waals surface area (Å²) in [5.41, 5.74) is 5.75. The van der Waals surface area contributed by atoms with Crippen LogP contribution in [0.15, 0.2) is 0 Å². The van der Waals surface area contributed by atoms with E-state index in [0.29, 0.717) is 6.54 Å². The summed E-state index contributed by atoms with van der Waals surface area (Å²) in [7, 11) is 7.65. The molecule has 0 saturated carbocycles. The van der Waals surface area contributed by atoms with Crippen LogP contribution in [-0.4, -0.2) is 76.1 Å². The van der Waals surface area contributed by atoms with E-state index in [1.807, 2.05) is 0 Å². The van der Waals surface area contributed by atoms with E-state index in [2.05, 4.69) is 30.8 Å². The molecule has 0 spiro atoms. The third-order valence-corrected chi connectivity index (χ3v) is 4.31. The smallest absolute Gasteiger partial charge is 0.176 e. The van der Waals surface area contributed by atoms with E-state index in [4.69, 9.17) is 15.2 Å². The first-order valence-electron chi connectivity index (χ1n) is 7.13. The number of nitrogens with two attached hydrogens (primary N) is 1. The molecule has 1 rings (SSSR count). The van der Waals surface area contributed by atoms with Crippen molar-refractivity contribution in [3.05, 3.63) is 0 Å². The van der Waals surface area contributed by atoms with Crippen molar-refractivity contribution in [3.63, 3.8) is 0 Å². The van der Waals surface area contributed by atoms with Crippen LogP contribution < -0.4 is 5.73 Å². The third kappa shape index (κ3) is 4.13. The van der Waals surface area contributed by atoms with Gasteiger partial charge in [0.2, 0.25) is 0 Å². The number of hydrogen-bond donors (Lipinski definition) is 1. The Labute approximate surface area is 118 Å². The molecule has 0 radical (unpaired) electrons. The Morgan fingerprint density at radius 2 is 1.79 bits per heavy atom. The molecule has 1 atom stereocenters. The Morgan fingerprint density at radius 3 is 2.16 bits per heavy atom. The second kappa shape index (κ2) is 7.55. The van der Waals surface area contributed by atoms with Crippen LogP contribution in [0.4, 0.5) is 0 Å². The molecular formula is C14H31N3O2. The summed E-state index contributed by atoms with van der Waals surface area (Å²) in [5.74, 6) is 0.789. The Kier molecular flexibility index (Phi) is 6.69. The summed E-state index contributed by atoms with van der Waals surface area (Å²) in [5, 5.41) is 0. The third-order valence-electron chi connectivity index (χ3n) is 4.31. The van der Waals surface area contributed by atoms with Crippen LogP contribution in [0.1, 0.15) is 19.8 Å². The van der Waals surface area contributed by atoms with E-state index < -0.39 is 0 Å². The number of nitrogens with zero attached hydrogens (tertiary/aromatic N) is 2. The number of likely N-dealkylation sites (tertiary alicyclic amines) is 1. The lowest BCUT2D eigenvalue weighted by Gasteiger charge is -2.47. The Balaban J connectivity index is 2.60. The molecule has 0 aliphatic carbocycles. The van der Waals surface area contributed by atoms with Gasteiger partial charge in [-0.25, -0.2) is 0 Å². The maximum absolute atomic E-state index is 6.00. The van der Waals surface area contributed by atoms with Gasteiger partial charge in [-0.3, -0.25) is 4.90 Å². The molecule has 1 heterocycles. The number of methoxy groups -OCH3 is 2. The Morgan fingerprint density at radius 1 is 1.26 bits per heavy atom. The van der Waals surface area contributed by atoms with Crippen LogP contribution in [0, 0.1) is 5.92 Å². The molecule has 1 aliphatic heterocycles. The van der Waals surface area contributed by atoms with E-state index in [1.165, 1.54) is 19.4 Å². The van der Waals surface area contributed by atoms with E-state index in [1.54, 1.807) is 14.2 Å². The lowest BCUT2D eigenvalue weighted by atomic mass is 9.90. The van der Waals surface area contributed by atoms with Crippen LogP contribution >= 0.6 is 0 Å². The quantitative estimate of drug-likeness (QED) is 0.688. The summed E-state index contributed by atoms with van der Waals surface area (Å²) in [6, 6.07) is 0. The average Bonchev–Trinajstić information content (AvgIpc) is 2.39. The number of piperidine rings is 1. The molecule has 1 fully saturated rings. The minimum Gasteiger partial charge on any atom is -0.354 e. The maximum Gasteiger partial charge on any atom is 0.176 e. The van der Waals surface area contributed by atoms with Gasteiger partial charge < -0.3 is 20.1 Å². The van der Waals surface area contributed by atoms with Gasteiger partial charge in [0.15, 0.2) is 6.29 Å². The summed E-state index contributed by atoms with van der Waals surface area (Å²) < 4.78 is 10.9. The number of ether oxygens (including phenoxy) is 2. The van der Waals surface area contributed by atoms with Gasteiger partial charge in [-0.05, 0) is 52.9 Å². The summed E-state index contributed by atoms with van der Waals surface area (Å²) in [4.78, 5) is 4.70. The first-order chi connectivity index (χ1) is 8.97. The SMILES string of the molecule is COC(OC)C(C)(CN)N1CCC(CN(C)C)CC1. The monoisotopic (exact) mass is 273 g/mol. The van der Waals surface area contributed by atoms with Crippen molar-refractivity contribution in [2.45, 2.75) is 31.6 Å². The molecule has 1 saturated heterocycles. The van der Waals surface area contributed by atoms with Crippen LogP contribution in [0.25, 0.3) is 0 Å². The van der Waals surface area contributed by atoms with Gasteiger partial charge in [-0.1, -0.05) is 0 Å². The Hall–Kier alpha value is -0.200. The first kappa shape index (κ1) is 16.9. The molecule has 0 aromatic carbocycles. The van der Waals surface area contributed by atoms with Crippen LogP contribution in [0.3, 0.4) is 0 Å². The second-order valence-corrected chi connectivity index (χ2v) is 6.06. The molecule has 19 heavy (non-hydrogen) atoms. The lowest BCUT2D eigenvalue weighted by Crippen LogP contribution is -2.62. The van der Waals surface area contributed by atoms with E-state index in [9.17, 15) is 0 Å². The first-order valence-corrected chi connectivity index (χ1v) is 7.13. The van der Waals surface area contributed by atoms with Crippen molar-refractivity contribution in [2.24, 2.45) is 11.7 Å². The topological polar surface area (TPSA) is 51.0 Å². The van der Waals surface area contributed by atoms with Gasteiger partial charge in [0.05, 0.1) is 5.54 Å². The van der Waals surface area contributed by atoms with Crippen molar-refractivity contribution >= 4 is 0 Å². The summed E-state index contributed by atoms with van der Waals surface area (Å²) in [6.07, 6.45) is 2.16. The molecule has 2 N–H and O–H groups in total. The van der Waals surface area contributed by atoms with Crippen molar-refractivity contribution in [1.29, 1.82) is 0 Å². The molecule has 5 heteroatoms. The largest absolute Gasteiger partial charge is 0.354 e. The van der Waals surface area contributed by atoms with Crippen molar-refractivity contribution < 1.29 is 9.47 Å². The fourth-order valence-electron chi connectivity index (χ4n) is 3.12. The predicted molar refractivity (Wildman–Crippen MR) is 78.1 cm³/mol. The highest BCUT2D eigenvalue weighted by Crippen LogP contribution is 2.28. The average molecular weight is 273 g/mol. The zero-order valence-corrected chi connectivity index (χ0v) is 13.2. The van der Waals surface area contributed by atoms with E-state index in [-0.39, 0.29) is 11.8 Å². The molecule has 0 amide bonds. The number of rotatable bonds is 7. The zero-order chi connectivity index (χ0) is 14.5. The molecule has 1 unspecified atom stereocenters.